The first-order chi connectivity index (χ1) is 7.29. The number of benzene rings is 1. The number of hydrogen-bond donors (Lipinski definition) is 1. The maximum absolute atomic E-state index is 5.45. The van der Waals surface area contributed by atoms with Crippen molar-refractivity contribution in [3.05, 3.63) is 24.3 Å². The Morgan fingerprint density at radius 1 is 1.27 bits per heavy atom. The number of ether oxygens (including phenoxy) is 1. The van der Waals surface area contributed by atoms with Crippen molar-refractivity contribution in [2.45, 2.75) is 0 Å². The third-order valence-corrected chi connectivity index (χ3v) is 1.93. The number of rotatable bonds is 3. The summed E-state index contributed by atoms with van der Waals surface area (Å²) in [7, 11) is 3.58. The van der Waals surface area contributed by atoms with Gasteiger partial charge in [0.25, 0.3) is 0 Å². The highest BCUT2D eigenvalue weighted by Crippen LogP contribution is 2.19. The molecule has 0 aliphatic heterocycles. The van der Waals surface area contributed by atoms with Gasteiger partial charge in [0.15, 0.2) is 0 Å². The van der Waals surface area contributed by atoms with E-state index in [0.29, 0.717) is 11.8 Å². The minimum Gasteiger partial charge on any atom is -0.423 e. The Hall–Kier alpha value is -2.11. The van der Waals surface area contributed by atoms with Crippen molar-refractivity contribution in [2.24, 2.45) is 7.05 Å². The SMILES string of the molecule is CNc1ccc(Oc2nnnn2C)cc1. The van der Waals surface area contributed by atoms with Crippen LogP contribution < -0.4 is 10.1 Å². The number of aromatic nitrogens is 4. The summed E-state index contributed by atoms with van der Waals surface area (Å²) in [6, 6.07) is 7.89. The van der Waals surface area contributed by atoms with Gasteiger partial charge in [0.05, 0.1) is 0 Å². The molecule has 0 aliphatic rings. The van der Waals surface area contributed by atoms with Crippen LogP contribution in [0.4, 0.5) is 5.69 Å². The zero-order chi connectivity index (χ0) is 10.7. The van der Waals surface area contributed by atoms with Crippen LogP contribution in [0.5, 0.6) is 11.8 Å². The van der Waals surface area contributed by atoms with E-state index >= 15 is 0 Å². The van der Waals surface area contributed by atoms with Gasteiger partial charge < -0.3 is 10.1 Å². The lowest BCUT2D eigenvalue weighted by Crippen LogP contribution is -1.96. The fourth-order valence-corrected chi connectivity index (χ4v) is 1.10. The second-order valence-corrected chi connectivity index (χ2v) is 2.96. The molecule has 1 aromatic heterocycles. The van der Waals surface area contributed by atoms with Crippen molar-refractivity contribution < 1.29 is 4.74 Å². The summed E-state index contributed by atoms with van der Waals surface area (Å²) in [5, 5.41) is 13.9. The highest BCUT2D eigenvalue weighted by Gasteiger charge is 2.03. The molecule has 0 saturated heterocycles. The number of nitrogens with one attached hydrogen (secondary N) is 1. The van der Waals surface area contributed by atoms with E-state index < -0.39 is 0 Å². The maximum atomic E-state index is 5.45. The molecule has 78 valence electrons. The van der Waals surface area contributed by atoms with Crippen molar-refractivity contribution in [1.29, 1.82) is 0 Å². The summed E-state index contributed by atoms with van der Waals surface area (Å²) in [6.45, 7) is 0. The van der Waals surface area contributed by atoms with Gasteiger partial charge in [-0.05, 0) is 34.7 Å². The first kappa shape index (κ1) is 9.45. The van der Waals surface area contributed by atoms with Crippen molar-refractivity contribution in [3.8, 4) is 11.8 Å². The van der Waals surface area contributed by atoms with Crippen LogP contribution in [-0.2, 0) is 7.05 Å². The standard InChI is InChI=1S/C9H11N5O/c1-10-7-3-5-8(6-4-7)15-9-11-12-13-14(9)2/h3-6,10H,1-2H3. The molecule has 6 heteroatoms. The van der Waals surface area contributed by atoms with Gasteiger partial charge in [-0.1, -0.05) is 5.10 Å². The van der Waals surface area contributed by atoms with Gasteiger partial charge in [-0.25, -0.2) is 0 Å². The molecule has 0 saturated carbocycles. The van der Waals surface area contributed by atoms with Gasteiger partial charge in [0.2, 0.25) is 0 Å². The molecule has 0 fully saturated rings. The van der Waals surface area contributed by atoms with Gasteiger partial charge in [0.1, 0.15) is 5.75 Å². The van der Waals surface area contributed by atoms with E-state index in [1.165, 1.54) is 4.68 Å². The highest BCUT2D eigenvalue weighted by atomic mass is 16.5. The Morgan fingerprint density at radius 2 is 2.00 bits per heavy atom. The van der Waals surface area contributed by atoms with E-state index in [0.717, 1.165) is 5.69 Å². The van der Waals surface area contributed by atoms with Crippen LogP contribution in [-0.4, -0.2) is 27.3 Å². The summed E-state index contributed by atoms with van der Waals surface area (Å²) < 4.78 is 6.91. The minimum atomic E-state index is 0.368. The third-order valence-electron chi connectivity index (χ3n) is 1.93. The predicted molar refractivity (Wildman–Crippen MR) is 54.9 cm³/mol. The van der Waals surface area contributed by atoms with Crippen LogP contribution in [0.2, 0.25) is 0 Å². The second-order valence-electron chi connectivity index (χ2n) is 2.96. The lowest BCUT2D eigenvalue weighted by molar-refractivity contribution is 0.415. The molecule has 1 heterocycles. The molecule has 0 atom stereocenters. The molecule has 0 spiro atoms. The molecule has 15 heavy (non-hydrogen) atoms. The monoisotopic (exact) mass is 205 g/mol. The molecule has 0 radical (unpaired) electrons. The summed E-state index contributed by atoms with van der Waals surface area (Å²) >= 11 is 0. The smallest absolute Gasteiger partial charge is 0.340 e. The first-order valence-electron chi connectivity index (χ1n) is 4.47. The zero-order valence-electron chi connectivity index (χ0n) is 8.51. The molecular weight excluding hydrogens is 194 g/mol. The fraction of sp³-hybridized carbons (Fsp3) is 0.222. The Balaban J connectivity index is 2.14. The third kappa shape index (κ3) is 2.04. The van der Waals surface area contributed by atoms with Crippen molar-refractivity contribution in [3.63, 3.8) is 0 Å². The Bertz CT molecular complexity index is 436. The summed E-state index contributed by atoms with van der Waals surface area (Å²) in [5.74, 6) is 0.701. The van der Waals surface area contributed by atoms with Gasteiger partial charge in [-0.3, -0.25) is 0 Å². The maximum Gasteiger partial charge on any atom is 0.340 e. The minimum absolute atomic E-state index is 0.368. The average molecular weight is 205 g/mol. The van der Waals surface area contributed by atoms with Crippen LogP contribution in [0.15, 0.2) is 24.3 Å². The molecular formula is C9H11N5O. The average Bonchev–Trinajstić information content (AvgIpc) is 2.66. The normalized spacial score (nSPS) is 10.0. The summed E-state index contributed by atoms with van der Waals surface area (Å²) in [5.41, 5.74) is 1.03. The molecule has 0 amide bonds. The Morgan fingerprint density at radius 3 is 2.53 bits per heavy atom. The Kier molecular flexibility index (Phi) is 2.49. The molecule has 6 nitrogen and oxygen atoms in total. The van der Waals surface area contributed by atoms with E-state index in [1.54, 1.807) is 7.05 Å². The quantitative estimate of drug-likeness (QED) is 0.811. The lowest BCUT2D eigenvalue weighted by Gasteiger charge is -2.04. The molecule has 1 aromatic carbocycles. The molecule has 0 aliphatic carbocycles. The van der Waals surface area contributed by atoms with Gasteiger partial charge in [-0.15, -0.1) is 0 Å². The first-order valence-corrected chi connectivity index (χ1v) is 4.47. The van der Waals surface area contributed by atoms with Crippen LogP contribution in [0.1, 0.15) is 0 Å². The number of aryl methyl sites for hydroxylation is 1. The molecule has 1 N–H and O–H groups in total. The largest absolute Gasteiger partial charge is 0.423 e. The summed E-state index contributed by atoms with van der Waals surface area (Å²) in [4.78, 5) is 0. The molecule has 0 unspecified atom stereocenters. The van der Waals surface area contributed by atoms with Crippen molar-refractivity contribution in [2.75, 3.05) is 12.4 Å². The van der Waals surface area contributed by atoms with Crippen LogP contribution in [0, 0.1) is 0 Å². The van der Waals surface area contributed by atoms with E-state index in [2.05, 4.69) is 20.8 Å². The highest BCUT2D eigenvalue weighted by molar-refractivity contribution is 5.45. The lowest BCUT2D eigenvalue weighted by atomic mass is 10.3. The van der Waals surface area contributed by atoms with E-state index in [1.807, 2.05) is 31.3 Å². The number of anilines is 1. The topological polar surface area (TPSA) is 64.9 Å². The van der Waals surface area contributed by atoms with Crippen molar-refractivity contribution in [1.82, 2.24) is 20.2 Å². The Labute approximate surface area is 86.9 Å². The van der Waals surface area contributed by atoms with Crippen LogP contribution >= 0.6 is 0 Å². The predicted octanol–water partition coefficient (Wildman–Crippen LogP) is 1.04. The molecule has 0 bridgehead atoms. The molecule has 2 rings (SSSR count). The number of tetrazole rings is 1. The van der Waals surface area contributed by atoms with E-state index in [-0.39, 0.29) is 0 Å². The van der Waals surface area contributed by atoms with Gasteiger partial charge in [-0.2, -0.15) is 4.68 Å². The van der Waals surface area contributed by atoms with Crippen LogP contribution in [0.3, 0.4) is 0 Å². The second kappa shape index (κ2) is 3.95. The zero-order valence-corrected chi connectivity index (χ0v) is 8.51. The van der Waals surface area contributed by atoms with Gasteiger partial charge in [0, 0.05) is 19.8 Å². The van der Waals surface area contributed by atoms with Crippen LogP contribution in [0.25, 0.3) is 0 Å². The van der Waals surface area contributed by atoms with Gasteiger partial charge >= 0.3 is 6.01 Å². The number of hydrogen-bond acceptors (Lipinski definition) is 5. The van der Waals surface area contributed by atoms with E-state index in [9.17, 15) is 0 Å². The van der Waals surface area contributed by atoms with E-state index in [4.69, 9.17) is 4.74 Å². The van der Waals surface area contributed by atoms with Crippen molar-refractivity contribution >= 4 is 5.69 Å². The number of nitrogens with zero attached hydrogens (tertiary/aromatic N) is 4. The fourth-order valence-electron chi connectivity index (χ4n) is 1.10. The molecule has 2 aromatic rings. The summed E-state index contributed by atoms with van der Waals surface area (Å²) in [6.07, 6.45) is 0.